The Kier molecular flexibility index (Phi) is 3.04. The number of hydrogen-bond acceptors (Lipinski definition) is 2. The zero-order valence-electron chi connectivity index (χ0n) is 7.63. The van der Waals surface area contributed by atoms with Crippen LogP contribution in [0.2, 0.25) is 5.15 Å². The summed E-state index contributed by atoms with van der Waals surface area (Å²) in [5.41, 5.74) is 1.01. The molecule has 0 radical (unpaired) electrons. The van der Waals surface area contributed by atoms with E-state index in [9.17, 15) is 0 Å². The second kappa shape index (κ2) is 3.85. The van der Waals surface area contributed by atoms with Gasteiger partial charge in [0.2, 0.25) is 0 Å². The summed E-state index contributed by atoms with van der Waals surface area (Å²) < 4.78 is 0. The van der Waals surface area contributed by atoms with Crippen molar-refractivity contribution in [2.75, 3.05) is 0 Å². The van der Waals surface area contributed by atoms with Gasteiger partial charge in [-0.1, -0.05) is 32.4 Å². The minimum Gasteiger partial charge on any atom is -0.238 e. The van der Waals surface area contributed by atoms with Gasteiger partial charge in [0.05, 0.1) is 0 Å². The third-order valence-corrected chi connectivity index (χ3v) is 1.84. The molecule has 0 saturated carbocycles. The molecule has 0 unspecified atom stereocenters. The molecule has 66 valence electrons. The summed E-state index contributed by atoms with van der Waals surface area (Å²) in [6.45, 7) is 6.18. The maximum Gasteiger partial charge on any atom is 0.133 e. The van der Waals surface area contributed by atoms with Crippen LogP contribution in [0.1, 0.15) is 38.2 Å². The van der Waals surface area contributed by atoms with Crippen LogP contribution in [0.25, 0.3) is 0 Å². The fraction of sp³-hybridized carbons (Fsp3) is 0.556. The minimum absolute atomic E-state index is 0.342. The van der Waals surface area contributed by atoms with Gasteiger partial charge in [0.1, 0.15) is 11.0 Å². The van der Waals surface area contributed by atoms with E-state index in [0.29, 0.717) is 11.1 Å². The zero-order chi connectivity index (χ0) is 9.14. The molecule has 2 nitrogen and oxygen atoms in total. The second-order valence-electron chi connectivity index (χ2n) is 3.05. The lowest BCUT2D eigenvalue weighted by molar-refractivity contribution is 0.759. The van der Waals surface area contributed by atoms with Crippen LogP contribution in [0, 0.1) is 0 Å². The van der Waals surface area contributed by atoms with Crippen molar-refractivity contribution in [3.8, 4) is 0 Å². The Morgan fingerprint density at radius 3 is 2.58 bits per heavy atom. The van der Waals surface area contributed by atoms with Crippen LogP contribution in [-0.4, -0.2) is 9.97 Å². The third kappa shape index (κ3) is 2.18. The number of halogens is 1. The first-order valence-corrected chi connectivity index (χ1v) is 4.54. The average Bonchev–Trinajstić information content (AvgIpc) is 2.03. The Morgan fingerprint density at radius 2 is 2.08 bits per heavy atom. The fourth-order valence-electron chi connectivity index (χ4n) is 0.923. The predicted octanol–water partition coefficient (Wildman–Crippen LogP) is 2.82. The summed E-state index contributed by atoms with van der Waals surface area (Å²) in [5, 5.41) is 0.547. The Balaban J connectivity index is 3.06. The molecule has 0 amide bonds. The van der Waals surface area contributed by atoms with Crippen LogP contribution in [-0.2, 0) is 6.42 Å². The van der Waals surface area contributed by atoms with Crippen molar-refractivity contribution >= 4 is 11.6 Å². The lowest BCUT2D eigenvalue weighted by Crippen LogP contribution is -2.00. The largest absolute Gasteiger partial charge is 0.238 e. The summed E-state index contributed by atoms with van der Waals surface area (Å²) in [4.78, 5) is 8.49. The highest BCUT2D eigenvalue weighted by Crippen LogP contribution is 2.13. The molecular formula is C9H13ClN2. The van der Waals surface area contributed by atoms with Gasteiger partial charge in [0.15, 0.2) is 0 Å². The van der Waals surface area contributed by atoms with Gasteiger partial charge < -0.3 is 0 Å². The normalized spacial score (nSPS) is 10.8. The van der Waals surface area contributed by atoms with E-state index < -0.39 is 0 Å². The average molecular weight is 185 g/mol. The molecule has 1 rings (SSSR count). The Bertz CT molecular complexity index is 271. The zero-order valence-corrected chi connectivity index (χ0v) is 8.39. The van der Waals surface area contributed by atoms with Crippen molar-refractivity contribution in [2.24, 2.45) is 0 Å². The number of nitrogens with zero attached hydrogens (tertiary/aromatic N) is 2. The van der Waals surface area contributed by atoms with E-state index in [1.165, 1.54) is 0 Å². The minimum atomic E-state index is 0.342. The van der Waals surface area contributed by atoms with Gasteiger partial charge in [-0.2, -0.15) is 0 Å². The van der Waals surface area contributed by atoms with Crippen molar-refractivity contribution in [1.29, 1.82) is 0 Å². The smallest absolute Gasteiger partial charge is 0.133 e. The van der Waals surface area contributed by atoms with Crippen molar-refractivity contribution in [2.45, 2.75) is 33.1 Å². The predicted molar refractivity (Wildman–Crippen MR) is 50.5 cm³/mol. The molecule has 0 aromatic carbocycles. The van der Waals surface area contributed by atoms with Gasteiger partial charge in [0, 0.05) is 11.6 Å². The van der Waals surface area contributed by atoms with Gasteiger partial charge in [0.25, 0.3) is 0 Å². The molecule has 1 aromatic rings. The molecule has 1 aromatic heterocycles. The number of rotatable bonds is 2. The summed E-state index contributed by atoms with van der Waals surface area (Å²) in [7, 11) is 0. The molecule has 12 heavy (non-hydrogen) atoms. The van der Waals surface area contributed by atoms with E-state index >= 15 is 0 Å². The third-order valence-electron chi connectivity index (χ3n) is 1.64. The molecular weight excluding hydrogens is 172 g/mol. The van der Waals surface area contributed by atoms with Gasteiger partial charge in [-0.25, -0.2) is 9.97 Å². The van der Waals surface area contributed by atoms with Crippen LogP contribution in [0.3, 0.4) is 0 Å². The molecule has 0 aliphatic heterocycles. The molecule has 0 atom stereocenters. The van der Waals surface area contributed by atoms with E-state index in [1.54, 1.807) is 0 Å². The van der Waals surface area contributed by atoms with E-state index in [0.717, 1.165) is 17.9 Å². The molecule has 0 aliphatic rings. The fourth-order valence-corrected chi connectivity index (χ4v) is 1.14. The molecule has 0 aliphatic carbocycles. The van der Waals surface area contributed by atoms with E-state index in [4.69, 9.17) is 11.6 Å². The summed E-state index contributed by atoms with van der Waals surface area (Å²) in [6, 6.07) is 1.81. The highest BCUT2D eigenvalue weighted by molar-refractivity contribution is 6.29. The number of aromatic nitrogens is 2. The maximum absolute atomic E-state index is 5.82. The van der Waals surface area contributed by atoms with Crippen LogP contribution < -0.4 is 0 Å². The van der Waals surface area contributed by atoms with Crippen LogP contribution in [0.5, 0.6) is 0 Å². The molecule has 0 N–H and O–H groups in total. The number of aryl methyl sites for hydroxylation is 1. The lowest BCUT2D eigenvalue weighted by atomic mass is 10.2. The molecule has 3 heteroatoms. The maximum atomic E-state index is 5.82. The van der Waals surface area contributed by atoms with E-state index in [1.807, 2.05) is 6.07 Å². The molecule has 1 heterocycles. The van der Waals surface area contributed by atoms with Crippen LogP contribution in [0.15, 0.2) is 6.07 Å². The number of hydrogen-bond donors (Lipinski definition) is 0. The Labute approximate surface area is 78.0 Å². The standard InChI is InChI=1S/C9H13ClN2/c1-4-7-5-8(10)12-9(11-7)6(2)3/h5-6H,4H2,1-3H3. The topological polar surface area (TPSA) is 25.8 Å². The SMILES string of the molecule is CCc1cc(Cl)nc(C(C)C)n1. The van der Waals surface area contributed by atoms with Crippen molar-refractivity contribution in [3.63, 3.8) is 0 Å². The first-order valence-electron chi connectivity index (χ1n) is 4.16. The first kappa shape index (κ1) is 9.46. The lowest BCUT2D eigenvalue weighted by Gasteiger charge is -2.05. The Morgan fingerprint density at radius 1 is 1.42 bits per heavy atom. The van der Waals surface area contributed by atoms with Crippen molar-refractivity contribution < 1.29 is 0 Å². The highest BCUT2D eigenvalue weighted by Gasteiger charge is 2.05. The van der Waals surface area contributed by atoms with Crippen molar-refractivity contribution in [1.82, 2.24) is 9.97 Å². The monoisotopic (exact) mass is 184 g/mol. The summed E-state index contributed by atoms with van der Waals surface area (Å²) in [5.74, 6) is 1.17. The molecule has 0 bridgehead atoms. The van der Waals surface area contributed by atoms with Crippen molar-refractivity contribution in [3.05, 3.63) is 22.7 Å². The van der Waals surface area contributed by atoms with E-state index in [2.05, 4.69) is 30.7 Å². The van der Waals surface area contributed by atoms with Gasteiger partial charge in [-0.05, 0) is 12.5 Å². The van der Waals surface area contributed by atoms with Gasteiger partial charge >= 0.3 is 0 Å². The first-order chi connectivity index (χ1) is 5.63. The van der Waals surface area contributed by atoms with Crippen LogP contribution >= 0.6 is 11.6 Å². The summed E-state index contributed by atoms with van der Waals surface area (Å²) in [6.07, 6.45) is 0.905. The second-order valence-corrected chi connectivity index (χ2v) is 3.44. The van der Waals surface area contributed by atoms with E-state index in [-0.39, 0.29) is 0 Å². The molecule has 0 fully saturated rings. The molecule has 0 saturated heterocycles. The Hall–Kier alpha value is -0.630. The quantitative estimate of drug-likeness (QED) is 0.661. The van der Waals surface area contributed by atoms with Crippen LogP contribution in [0.4, 0.5) is 0 Å². The van der Waals surface area contributed by atoms with Gasteiger partial charge in [-0.15, -0.1) is 0 Å². The highest BCUT2D eigenvalue weighted by atomic mass is 35.5. The summed E-state index contributed by atoms with van der Waals surface area (Å²) >= 11 is 5.82. The van der Waals surface area contributed by atoms with Gasteiger partial charge in [-0.3, -0.25) is 0 Å². The molecule has 0 spiro atoms.